The van der Waals surface area contributed by atoms with Crippen LogP contribution in [0.2, 0.25) is 0 Å². The Morgan fingerprint density at radius 2 is 2.08 bits per heavy atom. The molecule has 1 atom stereocenters. The summed E-state index contributed by atoms with van der Waals surface area (Å²) in [6.45, 7) is 0. The van der Waals surface area contributed by atoms with E-state index in [2.05, 4.69) is 0 Å². The summed E-state index contributed by atoms with van der Waals surface area (Å²) in [7, 11) is 0. The number of nitrogens with zero attached hydrogens (tertiary/aromatic N) is 1. The third-order valence-corrected chi connectivity index (χ3v) is 2.84. The molecule has 1 amide bonds. The van der Waals surface area contributed by atoms with Crippen molar-refractivity contribution >= 4 is 28.8 Å². The van der Waals surface area contributed by atoms with Gasteiger partial charge in [0.05, 0.1) is 22.9 Å². The largest absolute Gasteiger partial charge is 0.368 e. The van der Waals surface area contributed by atoms with Crippen LogP contribution in [-0.4, -0.2) is 14.1 Å². The molecule has 0 saturated carbocycles. The molecule has 12 heavy (non-hydrogen) atoms. The molecule has 0 fully saturated rings. The van der Waals surface area contributed by atoms with Crippen molar-refractivity contribution in [2.24, 2.45) is 0 Å². The maximum Gasteiger partial charge on any atom is 0.265 e. The van der Waals surface area contributed by atoms with Crippen molar-refractivity contribution in [1.82, 2.24) is 3.11 Å². The summed E-state index contributed by atoms with van der Waals surface area (Å²) in [6.07, 6.45) is -0.783. The van der Waals surface area contributed by atoms with E-state index >= 15 is 0 Å². The van der Waals surface area contributed by atoms with Crippen molar-refractivity contribution in [3.05, 3.63) is 35.4 Å². The number of hydrogen-bond donors (Lipinski definition) is 1. The van der Waals surface area contributed by atoms with E-state index in [1.807, 2.05) is 28.9 Å². The van der Waals surface area contributed by atoms with Crippen LogP contribution in [0.4, 0.5) is 0 Å². The fraction of sp³-hybridized carbons (Fsp3) is 0.125. The highest BCUT2D eigenvalue weighted by atomic mass is 127. The Labute approximate surface area is 83.5 Å². The highest BCUT2D eigenvalue weighted by Crippen LogP contribution is 2.33. The lowest BCUT2D eigenvalue weighted by Gasteiger charge is -2.10. The van der Waals surface area contributed by atoms with E-state index in [1.165, 1.54) is 3.11 Å². The number of aliphatic hydroxyl groups excluding tert-OH is 1. The van der Waals surface area contributed by atoms with Crippen molar-refractivity contribution in [3.63, 3.8) is 0 Å². The smallest absolute Gasteiger partial charge is 0.265 e. The van der Waals surface area contributed by atoms with Gasteiger partial charge in [-0.15, -0.1) is 0 Å². The maximum atomic E-state index is 11.4. The summed E-state index contributed by atoms with van der Waals surface area (Å²) in [5, 5.41) is 9.52. The van der Waals surface area contributed by atoms with Gasteiger partial charge < -0.3 is 5.11 Å². The van der Waals surface area contributed by atoms with Crippen LogP contribution in [0.3, 0.4) is 0 Å². The molecule has 0 aromatic heterocycles. The molecule has 1 aliphatic heterocycles. The first-order valence-electron chi connectivity index (χ1n) is 3.48. The fourth-order valence-corrected chi connectivity index (χ4v) is 1.83. The molecule has 0 spiro atoms. The first-order chi connectivity index (χ1) is 5.72. The van der Waals surface area contributed by atoms with Crippen LogP contribution in [0, 0.1) is 0 Å². The van der Waals surface area contributed by atoms with E-state index < -0.39 is 6.23 Å². The quantitative estimate of drug-likeness (QED) is 0.575. The van der Waals surface area contributed by atoms with E-state index in [1.54, 1.807) is 18.2 Å². The van der Waals surface area contributed by atoms with E-state index in [4.69, 9.17) is 0 Å². The minimum Gasteiger partial charge on any atom is -0.368 e. The average Bonchev–Trinajstić information content (AvgIpc) is 2.33. The lowest BCUT2D eigenvalue weighted by atomic mass is 10.1. The van der Waals surface area contributed by atoms with Crippen LogP contribution >= 0.6 is 22.9 Å². The van der Waals surface area contributed by atoms with Crippen LogP contribution in [0.1, 0.15) is 22.1 Å². The van der Waals surface area contributed by atoms with Gasteiger partial charge in [-0.1, -0.05) is 18.2 Å². The molecular formula is C8H6INO2. The number of amides is 1. The maximum absolute atomic E-state index is 11.4. The molecule has 2 rings (SSSR count). The van der Waals surface area contributed by atoms with Gasteiger partial charge in [-0.2, -0.15) is 0 Å². The van der Waals surface area contributed by atoms with Crippen LogP contribution in [0.5, 0.6) is 0 Å². The third-order valence-electron chi connectivity index (χ3n) is 1.88. The number of halogens is 1. The van der Waals surface area contributed by atoms with Gasteiger partial charge in [0.25, 0.3) is 5.91 Å². The molecule has 0 radical (unpaired) electrons. The Bertz CT molecular complexity index is 340. The molecule has 3 nitrogen and oxygen atoms in total. The molecule has 0 bridgehead atoms. The summed E-state index contributed by atoms with van der Waals surface area (Å²) in [5.41, 5.74) is 1.29. The van der Waals surface area contributed by atoms with Gasteiger partial charge in [-0.3, -0.25) is 4.79 Å². The van der Waals surface area contributed by atoms with Gasteiger partial charge in [0.15, 0.2) is 6.23 Å². The zero-order valence-electron chi connectivity index (χ0n) is 6.07. The Morgan fingerprint density at radius 1 is 1.42 bits per heavy atom. The van der Waals surface area contributed by atoms with Gasteiger partial charge in [-0.25, -0.2) is 3.11 Å². The highest BCUT2D eigenvalue weighted by molar-refractivity contribution is 14.1. The summed E-state index contributed by atoms with van der Waals surface area (Å²) in [4.78, 5) is 11.4. The third kappa shape index (κ3) is 0.947. The van der Waals surface area contributed by atoms with Crippen LogP contribution in [0.25, 0.3) is 0 Å². The molecule has 1 aromatic rings. The minimum absolute atomic E-state index is 0.126. The predicted molar refractivity (Wildman–Crippen MR) is 51.6 cm³/mol. The lowest BCUT2D eigenvalue weighted by Crippen LogP contribution is -2.15. The second-order valence-electron chi connectivity index (χ2n) is 2.58. The number of carbonyl (C=O) groups excluding carboxylic acids is 1. The molecule has 1 aliphatic rings. The van der Waals surface area contributed by atoms with Gasteiger partial charge in [-0.05, 0) is 6.07 Å². The van der Waals surface area contributed by atoms with Gasteiger partial charge in [0.1, 0.15) is 0 Å². The minimum atomic E-state index is -0.783. The van der Waals surface area contributed by atoms with E-state index in [0.717, 1.165) is 0 Å². The first kappa shape index (κ1) is 8.00. The molecule has 0 saturated heterocycles. The van der Waals surface area contributed by atoms with Gasteiger partial charge in [0.2, 0.25) is 0 Å². The van der Waals surface area contributed by atoms with Crippen LogP contribution in [0.15, 0.2) is 24.3 Å². The zero-order valence-corrected chi connectivity index (χ0v) is 8.22. The van der Waals surface area contributed by atoms with Crippen molar-refractivity contribution in [1.29, 1.82) is 0 Å². The zero-order chi connectivity index (χ0) is 8.72. The van der Waals surface area contributed by atoms with Crippen LogP contribution < -0.4 is 0 Å². The monoisotopic (exact) mass is 275 g/mol. The van der Waals surface area contributed by atoms with E-state index in [9.17, 15) is 9.90 Å². The Hall–Kier alpha value is -0.620. The Balaban J connectivity index is 2.59. The highest BCUT2D eigenvalue weighted by Gasteiger charge is 2.33. The second-order valence-corrected chi connectivity index (χ2v) is 3.62. The summed E-state index contributed by atoms with van der Waals surface area (Å²) in [6, 6.07) is 7.08. The molecule has 1 aromatic carbocycles. The summed E-state index contributed by atoms with van der Waals surface area (Å²) in [5.74, 6) is -0.126. The van der Waals surface area contributed by atoms with Crippen molar-refractivity contribution < 1.29 is 9.90 Å². The molecule has 1 unspecified atom stereocenters. The van der Waals surface area contributed by atoms with E-state index in [0.29, 0.717) is 11.1 Å². The number of carbonyl (C=O) groups is 1. The topological polar surface area (TPSA) is 40.5 Å². The number of fused-ring (bicyclic) bond motifs is 1. The van der Waals surface area contributed by atoms with Gasteiger partial charge in [0, 0.05) is 11.1 Å². The predicted octanol–water partition coefficient (Wildman–Crippen LogP) is 1.48. The number of benzene rings is 1. The molecule has 1 N–H and O–H groups in total. The summed E-state index contributed by atoms with van der Waals surface area (Å²) >= 11 is 1.81. The first-order valence-corrected chi connectivity index (χ1v) is 4.44. The molecule has 4 heteroatoms. The Kier molecular flexibility index (Phi) is 1.80. The number of rotatable bonds is 0. The van der Waals surface area contributed by atoms with Crippen molar-refractivity contribution in [3.8, 4) is 0 Å². The SMILES string of the molecule is O=C1c2ccccc2C(O)N1I. The molecule has 62 valence electrons. The van der Waals surface area contributed by atoms with Crippen molar-refractivity contribution in [2.45, 2.75) is 6.23 Å². The van der Waals surface area contributed by atoms with Gasteiger partial charge >= 0.3 is 0 Å². The molecule has 0 aliphatic carbocycles. The number of aliphatic hydroxyl groups is 1. The lowest BCUT2D eigenvalue weighted by molar-refractivity contribution is 0.0637. The second kappa shape index (κ2) is 2.70. The van der Waals surface area contributed by atoms with E-state index in [-0.39, 0.29) is 5.91 Å². The Morgan fingerprint density at radius 3 is 2.75 bits per heavy atom. The molecule has 1 heterocycles. The normalized spacial score (nSPS) is 21.3. The number of hydrogen-bond acceptors (Lipinski definition) is 2. The average molecular weight is 275 g/mol. The standard InChI is InChI=1S/C8H6INO2/c9-10-7(11)5-3-1-2-4-6(5)8(10)12/h1-4,7,11H. The summed E-state index contributed by atoms with van der Waals surface area (Å²) < 4.78 is 1.29. The van der Waals surface area contributed by atoms with Crippen molar-refractivity contribution in [2.75, 3.05) is 0 Å². The molecular weight excluding hydrogens is 269 g/mol. The fourth-order valence-electron chi connectivity index (χ4n) is 1.27. The van der Waals surface area contributed by atoms with Crippen LogP contribution in [-0.2, 0) is 0 Å².